The van der Waals surface area contributed by atoms with Crippen LogP contribution < -0.4 is 9.47 Å². The van der Waals surface area contributed by atoms with Gasteiger partial charge in [-0.25, -0.2) is 0 Å². The minimum atomic E-state index is -0.638. The molecule has 1 atom stereocenters. The van der Waals surface area contributed by atoms with Crippen molar-refractivity contribution in [2.45, 2.75) is 25.9 Å². The maximum Gasteiger partial charge on any atom is 0.231 e. The van der Waals surface area contributed by atoms with E-state index in [0.717, 1.165) is 29.7 Å². The third-order valence-electron chi connectivity index (χ3n) is 3.52. The predicted octanol–water partition coefficient (Wildman–Crippen LogP) is 3.45. The quantitative estimate of drug-likeness (QED) is 0.924. The summed E-state index contributed by atoms with van der Waals surface area (Å²) in [5, 5.41) is 10.5. The third kappa shape index (κ3) is 2.49. The van der Waals surface area contributed by atoms with Crippen LogP contribution in [-0.4, -0.2) is 11.9 Å². The van der Waals surface area contributed by atoms with Crippen molar-refractivity contribution in [1.29, 1.82) is 0 Å². The lowest BCUT2D eigenvalue weighted by molar-refractivity contribution is 0.173. The monoisotopic (exact) mass is 270 g/mol. The maximum absolute atomic E-state index is 10.5. The summed E-state index contributed by atoms with van der Waals surface area (Å²) in [6.07, 6.45) is 1.49. The number of aliphatic hydroxyl groups excluding tert-OH is 1. The first-order valence-corrected chi connectivity index (χ1v) is 6.94. The normalized spacial score (nSPS) is 14.3. The Labute approximate surface area is 118 Å². The maximum atomic E-state index is 10.5. The Morgan fingerprint density at radius 3 is 2.70 bits per heavy atom. The highest BCUT2D eigenvalue weighted by atomic mass is 16.7. The zero-order valence-electron chi connectivity index (χ0n) is 11.5. The molecule has 1 N–H and O–H groups in total. The molecule has 104 valence electrons. The lowest BCUT2D eigenvalue weighted by atomic mass is 9.98. The van der Waals surface area contributed by atoms with Gasteiger partial charge in [-0.1, -0.05) is 43.7 Å². The standard InChI is InChI=1S/C17H18O3/c1-2-4-12-5-3-6-13(9-12)17(18)14-7-8-15-16(10-14)20-11-19-15/h3,5-10,17-18H,2,4,11H2,1H3. The van der Waals surface area contributed by atoms with Crippen LogP contribution in [0, 0.1) is 0 Å². The second-order valence-corrected chi connectivity index (χ2v) is 5.01. The fraction of sp³-hybridized carbons (Fsp3) is 0.294. The first kappa shape index (κ1) is 13.0. The Hall–Kier alpha value is -2.00. The molecule has 0 aliphatic carbocycles. The van der Waals surface area contributed by atoms with Crippen LogP contribution in [0.1, 0.15) is 36.1 Å². The van der Waals surface area contributed by atoms with Crippen molar-refractivity contribution in [3.05, 3.63) is 59.2 Å². The molecule has 20 heavy (non-hydrogen) atoms. The van der Waals surface area contributed by atoms with E-state index in [2.05, 4.69) is 19.1 Å². The van der Waals surface area contributed by atoms with E-state index in [4.69, 9.17) is 9.47 Å². The summed E-state index contributed by atoms with van der Waals surface area (Å²) >= 11 is 0. The van der Waals surface area contributed by atoms with Crippen LogP contribution in [0.3, 0.4) is 0 Å². The van der Waals surface area contributed by atoms with Gasteiger partial charge in [0.25, 0.3) is 0 Å². The Bertz CT molecular complexity index is 607. The molecule has 3 nitrogen and oxygen atoms in total. The molecule has 0 radical (unpaired) electrons. The molecule has 0 saturated carbocycles. The summed E-state index contributed by atoms with van der Waals surface area (Å²) in [5.74, 6) is 1.44. The number of benzene rings is 2. The van der Waals surface area contributed by atoms with E-state index in [9.17, 15) is 5.11 Å². The van der Waals surface area contributed by atoms with Crippen molar-refractivity contribution in [2.75, 3.05) is 6.79 Å². The van der Waals surface area contributed by atoms with Crippen molar-refractivity contribution >= 4 is 0 Å². The molecule has 1 aliphatic heterocycles. The number of aryl methyl sites for hydroxylation is 1. The van der Waals surface area contributed by atoms with Crippen LogP contribution >= 0.6 is 0 Å². The summed E-state index contributed by atoms with van der Waals surface area (Å²) in [6, 6.07) is 13.7. The summed E-state index contributed by atoms with van der Waals surface area (Å²) in [4.78, 5) is 0. The molecule has 3 rings (SSSR count). The third-order valence-corrected chi connectivity index (χ3v) is 3.52. The molecule has 0 saturated heterocycles. The molecular weight excluding hydrogens is 252 g/mol. The average molecular weight is 270 g/mol. The van der Waals surface area contributed by atoms with Gasteiger partial charge < -0.3 is 14.6 Å². The molecule has 2 aromatic rings. The van der Waals surface area contributed by atoms with Crippen LogP contribution in [0.5, 0.6) is 11.5 Å². The van der Waals surface area contributed by atoms with Crippen molar-refractivity contribution in [3.63, 3.8) is 0 Å². The van der Waals surface area contributed by atoms with E-state index in [1.807, 2.05) is 30.3 Å². The zero-order chi connectivity index (χ0) is 13.9. The van der Waals surface area contributed by atoms with E-state index < -0.39 is 6.10 Å². The zero-order valence-corrected chi connectivity index (χ0v) is 11.5. The average Bonchev–Trinajstić information content (AvgIpc) is 2.94. The molecule has 1 heterocycles. The van der Waals surface area contributed by atoms with Gasteiger partial charge in [0.05, 0.1) is 0 Å². The van der Waals surface area contributed by atoms with Crippen LogP contribution in [0.4, 0.5) is 0 Å². The first-order valence-electron chi connectivity index (χ1n) is 6.94. The van der Waals surface area contributed by atoms with Crippen molar-refractivity contribution < 1.29 is 14.6 Å². The molecule has 0 spiro atoms. The lowest BCUT2D eigenvalue weighted by Crippen LogP contribution is -2.00. The first-order chi connectivity index (χ1) is 9.78. The highest BCUT2D eigenvalue weighted by molar-refractivity contribution is 5.46. The predicted molar refractivity (Wildman–Crippen MR) is 77.1 cm³/mol. The number of fused-ring (bicyclic) bond motifs is 1. The number of aliphatic hydroxyl groups is 1. The van der Waals surface area contributed by atoms with Gasteiger partial charge in [-0.3, -0.25) is 0 Å². The van der Waals surface area contributed by atoms with Crippen LogP contribution in [0.2, 0.25) is 0 Å². The number of hydrogen-bond donors (Lipinski definition) is 1. The Morgan fingerprint density at radius 2 is 1.85 bits per heavy atom. The van der Waals surface area contributed by atoms with Gasteiger partial charge in [0.1, 0.15) is 6.10 Å². The highest BCUT2D eigenvalue weighted by Gasteiger charge is 2.17. The minimum absolute atomic E-state index is 0.251. The van der Waals surface area contributed by atoms with Gasteiger partial charge in [0, 0.05) is 0 Å². The molecule has 0 aromatic heterocycles. The number of ether oxygens (including phenoxy) is 2. The lowest BCUT2D eigenvalue weighted by Gasteiger charge is -2.13. The smallest absolute Gasteiger partial charge is 0.231 e. The van der Waals surface area contributed by atoms with E-state index in [-0.39, 0.29) is 6.79 Å². The number of hydrogen-bond acceptors (Lipinski definition) is 3. The summed E-state index contributed by atoms with van der Waals surface area (Å²) in [5.41, 5.74) is 2.99. The SMILES string of the molecule is CCCc1cccc(C(O)c2ccc3c(c2)OCO3)c1. The Kier molecular flexibility index (Phi) is 3.61. The fourth-order valence-corrected chi connectivity index (χ4v) is 2.48. The summed E-state index contributed by atoms with van der Waals surface area (Å²) < 4.78 is 10.6. The highest BCUT2D eigenvalue weighted by Crippen LogP contribution is 2.35. The van der Waals surface area contributed by atoms with E-state index in [0.29, 0.717) is 5.75 Å². The molecule has 0 amide bonds. The second kappa shape index (κ2) is 5.55. The van der Waals surface area contributed by atoms with Gasteiger partial charge in [0.2, 0.25) is 6.79 Å². The molecule has 3 heteroatoms. The van der Waals surface area contributed by atoms with E-state index in [1.54, 1.807) is 0 Å². The number of rotatable bonds is 4. The fourth-order valence-electron chi connectivity index (χ4n) is 2.48. The minimum Gasteiger partial charge on any atom is -0.454 e. The summed E-state index contributed by atoms with van der Waals surface area (Å²) in [6.45, 7) is 2.40. The summed E-state index contributed by atoms with van der Waals surface area (Å²) in [7, 11) is 0. The van der Waals surface area contributed by atoms with Gasteiger partial charge in [-0.05, 0) is 35.2 Å². The van der Waals surface area contributed by atoms with Crippen LogP contribution in [0.15, 0.2) is 42.5 Å². The van der Waals surface area contributed by atoms with E-state index >= 15 is 0 Å². The van der Waals surface area contributed by atoms with Gasteiger partial charge in [0.15, 0.2) is 11.5 Å². The second-order valence-electron chi connectivity index (χ2n) is 5.01. The molecule has 2 aromatic carbocycles. The molecule has 1 aliphatic rings. The van der Waals surface area contributed by atoms with Crippen molar-refractivity contribution in [3.8, 4) is 11.5 Å². The van der Waals surface area contributed by atoms with Gasteiger partial charge >= 0.3 is 0 Å². The van der Waals surface area contributed by atoms with Crippen LogP contribution in [-0.2, 0) is 6.42 Å². The largest absolute Gasteiger partial charge is 0.454 e. The Balaban J connectivity index is 1.88. The van der Waals surface area contributed by atoms with Crippen molar-refractivity contribution in [2.24, 2.45) is 0 Å². The van der Waals surface area contributed by atoms with Crippen LogP contribution in [0.25, 0.3) is 0 Å². The van der Waals surface area contributed by atoms with E-state index in [1.165, 1.54) is 5.56 Å². The Morgan fingerprint density at radius 1 is 1.05 bits per heavy atom. The van der Waals surface area contributed by atoms with Crippen molar-refractivity contribution in [1.82, 2.24) is 0 Å². The molecule has 1 unspecified atom stereocenters. The molecule has 0 bridgehead atoms. The van der Waals surface area contributed by atoms with Gasteiger partial charge in [-0.15, -0.1) is 0 Å². The molecule has 0 fully saturated rings. The molecular formula is C17H18O3. The van der Waals surface area contributed by atoms with Gasteiger partial charge in [-0.2, -0.15) is 0 Å². The topological polar surface area (TPSA) is 38.7 Å².